The molecule has 0 spiro atoms. The van der Waals surface area contributed by atoms with Crippen LogP contribution in [0.1, 0.15) is 5.69 Å². The van der Waals surface area contributed by atoms with Gasteiger partial charge in [0.2, 0.25) is 0 Å². The largest absolute Gasteiger partial charge is 0.336 e. The molecule has 1 aliphatic rings. The zero-order chi connectivity index (χ0) is 11.8. The molecule has 1 N–H and O–H groups in total. The maximum absolute atomic E-state index is 11.7. The zero-order valence-electron chi connectivity index (χ0n) is 9.60. The summed E-state index contributed by atoms with van der Waals surface area (Å²) < 4.78 is 0. The van der Waals surface area contributed by atoms with Gasteiger partial charge in [0.1, 0.15) is 0 Å². The number of carbonyl (C=O) groups excluding carboxylic acids is 1. The first-order chi connectivity index (χ1) is 8.25. The Morgan fingerprint density at radius 3 is 2.94 bits per heavy atom. The van der Waals surface area contributed by atoms with Crippen molar-refractivity contribution in [2.24, 2.45) is 0 Å². The van der Waals surface area contributed by atoms with Gasteiger partial charge in [0.25, 0.3) is 0 Å². The molecular formula is C13H13N3O. The number of fused-ring (bicyclic) bond motifs is 1. The molecule has 2 heterocycles. The van der Waals surface area contributed by atoms with Crippen molar-refractivity contribution in [3.05, 3.63) is 36.0 Å². The van der Waals surface area contributed by atoms with Gasteiger partial charge in [-0.3, -0.25) is 9.88 Å². The van der Waals surface area contributed by atoms with E-state index in [1.807, 2.05) is 37.3 Å². The topological polar surface area (TPSA) is 45.2 Å². The fourth-order valence-corrected chi connectivity index (χ4v) is 2.15. The van der Waals surface area contributed by atoms with E-state index in [0.717, 1.165) is 22.3 Å². The molecule has 1 aliphatic heterocycles. The second-order valence-corrected chi connectivity index (χ2v) is 4.19. The lowest BCUT2D eigenvalue weighted by molar-refractivity contribution is 0.252. The number of pyridine rings is 1. The number of carbonyl (C=O) groups is 1. The van der Waals surface area contributed by atoms with E-state index in [9.17, 15) is 4.79 Å². The van der Waals surface area contributed by atoms with Gasteiger partial charge in [-0.25, -0.2) is 4.79 Å². The third-order valence-electron chi connectivity index (χ3n) is 2.99. The maximum Gasteiger partial charge on any atom is 0.322 e. The zero-order valence-corrected chi connectivity index (χ0v) is 9.60. The van der Waals surface area contributed by atoms with E-state index < -0.39 is 0 Å². The fraction of sp³-hybridized carbons (Fsp3) is 0.231. The molecule has 2 aromatic rings. The average Bonchev–Trinajstić information content (AvgIpc) is 2.74. The van der Waals surface area contributed by atoms with E-state index in [4.69, 9.17) is 0 Å². The van der Waals surface area contributed by atoms with Crippen LogP contribution in [0.15, 0.2) is 30.3 Å². The maximum atomic E-state index is 11.7. The van der Waals surface area contributed by atoms with E-state index in [2.05, 4.69) is 10.3 Å². The first kappa shape index (κ1) is 10.1. The Labute approximate surface area is 99.3 Å². The smallest absolute Gasteiger partial charge is 0.322 e. The van der Waals surface area contributed by atoms with Crippen LogP contribution in [-0.2, 0) is 0 Å². The molecule has 2 amide bonds. The second-order valence-electron chi connectivity index (χ2n) is 4.19. The molecule has 86 valence electrons. The second kappa shape index (κ2) is 3.73. The van der Waals surface area contributed by atoms with Crippen molar-refractivity contribution in [1.82, 2.24) is 10.3 Å². The average molecular weight is 227 g/mol. The number of benzene rings is 1. The van der Waals surface area contributed by atoms with Gasteiger partial charge >= 0.3 is 6.03 Å². The molecule has 1 saturated heterocycles. The van der Waals surface area contributed by atoms with Gasteiger partial charge in [-0.15, -0.1) is 0 Å². The minimum absolute atomic E-state index is 0.0409. The summed E-state index contributed by atoms with van der Waals surface area (Å²) in [6.07, 6.45) is 0. The molecular weight excluding hydrogens is 214 g/mol. The van der Waals surface area contributed by atoms with Crippen molar-refractivity contribution < 1.29 is 4.79 Å². The number of para-hydroxylation sites is 1. The number of nitrogens with zero attached hydrogens (tertiary/aromatic N) is 2. The summed E-state index contributed by atoms with van der Waals surface area (Å²) >= 11 is 0. The molecule has 1 aromatic heterocycles. The van der Waals surface area contributed by atoms with Gasteiger partial charge in [-0.05, 0) is 19.1 Å². The third-order valence-corrected chi connectivity index (χ3v) is 2.99. The van der Waals surface area contributed by atoms with Crippen LogP contribution in [0.2, 0.25) is 0 Å². The van der Waals surface area contributed by atoms with Crippen molar-refractivity contribution in [3.8, 4) is 0 Å². The van der Waals surface area contributed by atoms with E-state index in [1.165, 1.54) is 0 Å². The third kappa shape index (κ3) is 1.62. The molecule has 0 saturated carbocycles. The van der Waals surface area contributed by atoms with Crippen molar-refractivity contribution >= 4 is 22.6 Å². The molecule has 1 aromatic carbocycles. The van der Waals surface area contributed by atoms with Crippen LogP contribution < -0.4 is 10.2 Å². The van der Waals surface area contributed by atoms with E-state index >= 15 is 0 Å². The summed E-state index contributed by atoms with van der Waals surface area (Å²) in [6.45, 7) is 3.36. The van der Waals surface area contributed by atoms with Crippen LogP contribution in [0.3, 0.4) is 0 Å². The number of hydrogen-bond donors (Lipinski definition) is 1. The van der Waals surface area contributed by atoms with Gasteiger partial charge in [-0.2, -0.15) is 0 Å². The predicted octanol–water partition coefficient (Wildman–Crippen LogP) is 2.07. The van der Waals surface area contributed by atoms with Crippen LogP contribution >= 0.6 is 0 Å². The van der Waals surface area contributed by atoms with E-state index in [1.54, 1.807) is 4.90 Å². The Balaban J connectivity index is 2.21. The summed E-state index contributed by atoms with van der Waals surface area (Å²) in [5, 5.41) is 3.87. The number of rotatable bonds is 1. The Bertz CT molecular complexity index is 594. The van der Waals surface area contributed by atoms with E-state index in [-0.39, 0.29) is 6.03 Å². The number of aryl methyl sites for hydroxylation is 1. The molecule has 0 bridgehead atoms. The Hall–Kier alpha value is -2.10. The molecule has 4 nitrogen and oxygen atoms in total. The minimum Gasteiger partial charge on any atom is -0.336 e. The van der Waals surface area contributed by atoms with Crippen molar-refractivity contribution in [2.75, 3.05) is 18.0 Å². The van der Waals surface area contributed by atoms with Crippen LogP contribution in [-0.4, -0.2) is 24.1 Å². The summed E-state index contributed by atoms with van der Waals surface area (Å²) in [5.41, 5.74) is 2.75. The molecule has 0 unspecified atom stereocenters. The number of anilines is 1. The number of urea groups is 1. The molecule has 17 heavy (non-hydrogen) atoms. The van der Waals surface area contributed by atoms with Crippen LogP contribution in [0.4, 0.5) is 10.5 Å². The number of amides is 2. The van der Waals surface area contributed by atoms with Crippen molar-refractivity contribution in [1.29, 1.82) is 0 Å². The van der Waals surface area contributed by atoms with Gasteiger partial charge in [-0.1, -0.05) is 18.2 Å². The highest BCUT2D eigenvalue weighted by molar-refractivity contribution is 6.02. The molecule has 0 aliphatic carbocycles. The van der Waals surface area contributed by atoms with Gasteiger partial charge in [0.15, 0.2) is 0 Å². The minimum atomic E-state index is -0.0409. The Kier molecular flexibility index (Phi) is 2.21. The highest BCUT2D eigenvalue weighted by atomic mass is 16.2. The fourth-order valence-electron chi connectivity index (χ4n) is 2.15. The summed E-state index contributed by atoms with van der Waals surface area (Å²) in [5.74, 6) is 0. The SMILES string of the molecule is Cc1ccc2cccc(N3CCNC3=O)c2n1. The van der Waals surface area contributed by atoms with E-state index in [0.29, 0.717) is 13.1 Å². The first-order valence-corrected chi connectivity index (χ1v) is 5.67. The van der Waals surface area contributed by atoms with Gasteiger partial charge < -0.3 is 5.32 Å². The van der Waals surface area contributed by atoms with Crippen LogP contribution in [0, 0.1) is 6.92 Å². The summed E-state index contributed by atoms with van der Waals surface area (Å²) in [4.78, 5) is 18.0. The molecule has 3 rings (SSSR count). The van der Waals surface area contributed by atoms with Crippen LogP contribution in [0.25, 0.3) is 10.9 Å². The quantitative estimate of drug-likeness (QED) is 0.810. The van der Waals surface area contributed by atoms with Crippen molar-refractivity contribution in [3.63, 3.8) is 0 Å². The summed E-state index contributed by atoms with van der Waals surface area (Å²) in [6, 6.07) is 9.89. The number of nitrogens with one attached hydrogen (secondary N) is 1. The van der Waals surface area contributed by atoms with Gasteiger partial charge in [0, 0.05) is 24.2 Å². The normalized spacial score (nSPS) is 15.4. The van der Waals surface area contributed by atoms with Crippen molar-refractivity contribution in [2.45, 2.75) is 6.92 Å². The Morgan fingerprint density at radius 2 is 2.18 bits per heavy atom. The monoisotopic (exact) mass is 227 g/mol. The highest BCUT2D eigenvalue weighted by Gasteiger charge is 2.23. The highest BCUT2D eigenvalue weighted by Crippen LogP contribution is 2.26. The lowest BCUT2D eigenvalue weighted by Gasteiger charge is -2.16. The summed E-state index contributed by atoms with van der Waals surface area (Å²) in [7, 11) is 0. The molecule has 1 fully saturated rings. The Morgan fingerprint density at radius 1 is 1.29 bits per heavy atom. The number of hydrogen-bond acceptors (Lipinski definition) is 2. The number of aromatic nitrogens is 1. The molecule has 0 radical (unpaired) electrons. The molecule has 4 heteroatoms. The lowest BCUT2D eigenvalue weighted by Crippen LogP contribution is -2.27. The molecule has 0 atom stereocenters. The first-order valence-electron chi connectivity index (χ1n) is 5.67. The standard InChI is InChI=1S/C13H13N3O/c1-9-5-6-10-3-2-4-11(12(10)15-9)16-8-7-14-13(16)17/h2-6H,7-8H2,1H3,(H,14,17). The predicted molar refractivity (Wildman–Crippen MR) is 67.2 cm³/mol. The van der Waals surface area contributed by atoms with Crippen LogP contribution in [0.5, 0.6) is 0 Å². The lowest BCUT2D eigenvalue weighted by atomic mass is 10.1. The van der Waals surface area contributed by atoms with Gasteiger partial charge in [0.05, 0.1) is 11.2 Å².